The summed E-state index contributed by atoms with van der Waals surface area (Å²) < 4.78 is 15.6. The van der Waals surface area contributed by atoms with E-state index >= 15 is 0 Å². The Labute approximate surface area is 200 Å². The van der Waals surface area contributed by atoms with Crippen LogP contribution in [0.1, 0.15) is 24.1 Å². The van der Waals surface area contributed by atoms with E-state index in [0.717, 1.165) is 61.9 Å². The largest absolute Gasteiger partial charge is 0.369 e. The van der Waals surface area contributed by atoms with Gasteiger partial charge in [0.1, 0.15) is 11.5 Å². The molecule has 1 unspecified atom stereocenters. The number of hydrogen-bond donors (Lipinski definition) is 2. The van der Waals surface area contributed by atoms with Crippen LogP contribution in [0.25, 0.3) is 5.65 Å². The molecule has 166 valence electrons. The van der Waals surface area contributed by atoms with Crippen molar-refractivity contribution >= 4 is 41.3 Å². The molecule has 2 aromatic heterocycles. The summed E-state index contributed by atoms with van der Waals surface area (Å²) in [5, 5.41) is 6.92. The van der Waals surface area contributed by atoms with Crippen LogP contribution in [0.5, 0.6) is 0 Å². The molecule has 3 aromatic rings. The molecule has 0 aliphatic carbocycles. The van der Waals surface area contributed by atoms with E-state index in [9.17, 15) is 4.39 Å². The summed E-state index contributed by atoms with van der Waals surface area (Å²) in [4.78, 5) is 11.3. The summed E-state index contributed by atoms with van der Waals surface area (Å²) in [6, 6.07) is 11.2. The number of fused-ring (bicyclic) bond motifs is 1. The molecule has 0 bridgehead atoms. The Kier molecular flexibility index (Phi) is 8.11. The number of imidazole rings is 1. The number of aryl methyl sites for hydroxylation is 1. The third-order valence-electron chi connectivity index (χ3n) is 5.56. The highest BCUT2D eigenvalue weighted by molar-refractivity contribution is 14.0. The number of pyridine rings is 1. The summed E-state index contributed by atoms with van der Waals surface area (Å²) >= 11 is 0. The van der Waals surface area contributed by atoms with Gasteiger partial charge in [-0.15, -0.1) is 24.0 Å². The van der Waals surface area contributed by atoms with E-state index in [1.807, 2.05) is 18.3 Å². The third-order valence-corrected chi connectivity index (χ3v) is 5.56. The number of nitrogens with zero attached hydrogens (tertiary/aromatic N) is 4. The van der Waals surface area contributed by atoms with Gasteiger partial charge in [-0.3, -0.25) is 4.99 Å². The number of benzene rings is 1. The molecular weight excluding hydrogens is 506 g/mol. The molecule has 1 atom stereocenters. The van der Waals surface area contributed by atoms with Gasteiger partial charge >= 0.3 is 0 Å². The summed E-state index contributed by atoms with van der Waals surface area (Å²) in [6.07, 6.45) is 7.06. The van der Waals surface area contributed by atoms with Gasteiger partial charge in [0, 0.05) is 57.2 Å². The second kappa shape index (κ2) is 10.8. The molecule has 31 heavy (non-hydrogen) atoms. The minimum absolute atomic E-state index is 0. The number of hydrogen-bond acceptors (Lipinski definition) is 3. The Hall–Kier alpha value is -2.36. The van der Waals surface area contributed by atoms with Crippen LogP contribution in [0.3, 0.4) is 0 Å². The first-order valence-corrected chi connectivity index (χ1v) is 10.5. The highest BCUT2D eigenvalue weighted by Crippen LogP contribution is 2.20. The molecule has 1 aliphatic rings. The van der Waals surface area contributed by atoms with Crippen LogP contribution in [0.15, 0.2) is 53.8 Å². The molecule has 0 spiro atoms. The van der Waals surface area contributed by atoms with Crippen molar-refractivity contribution in [2.45, 2.75) is 32.2 Å². The van der Waals surface area contributed by atoms with Crippen LogP contribution in [0.2, 0.25) is 0 Å². The Morgan fingerprint density at radius 3 is 2.94 bits per heavy atom. The predicted octanol–water partition coefficient (Wildman–Crippen LogP) is 3.78. The zero-order valence-electron chi connectivity index (χ0n) is 18.0. The van der Waals surface area contributed by atoms with E-state index in [1.165, 1.54) is 11.6 Å². The van der Waals surface area contributed by atoms with Crippen molar-refractivity contribution in [1.29, 1.82) is 0 Å². The number of nitrogens with one attached hydrogen (secondary N) is 2. The summed E-state index contributed by atoms with van der Waals surface area (Å²) in [7, 11) is 1.79. The monoisotopic (exact) mass is 536 g/mol. The molecule has 1 aromatic carbocycles. The average Bonchev–Trinajstić information content (AvgIpc) is 3.18. The first-order chi connectivity index (χ1) is 14.6. The third kappa shape index (κ3) is 5.87. The van der Waals surface area contributed by atoms with Crippen molar-refractivity contribution < 1.29 is 4.39 Å². The minimum Gasteiger partial charge on any atom is -0.369 e. The molecule has 2 N–H and O–H groups in total. The molecule has 1 saturated heterocycles. The van der Waals surface area contributed by atoms with Crippen LogP contribution in [-0.4, -0.2) is 48.1 Å². The van der Waals surface area contributed by atoms with Crippen molar-refractivity contribution in [3.8, 4) is 0 Å². The normalized spacial score (nSPS) is 16.8. The summed E-state index contributed by atoms with van der Waals surface area (Å²) in [6.45, 7) is 4.60. The Balaban J connectivity index is 0.00000272. The van der Waals surface area contributed by atoms with E-state index in [0.29, 0.717) is 0 Å². The van der Waals surface area contributed by atoms with Crippen LogP contribution in [0, 0.1) is 12.7 Å². The fraction of sp³-hybridized carbons (Fsp3) is 0.391. The highest BCUT2D eigenvalue weighted by atomic mass is 127. The van der Waals surface area contributed by atoms with E-state index in [2.05, 4.69) is 44.1 Å². The lowest BCUT2D eigenvalue weighted by Crippen LogP contribution is -2.51. The van der Waals surface area contributed by atoms with E-state index in [1.54, 1.807) is 19.2 Å². The first kappa shape index (κ1) is 23.3. The number of guanidine groups is 1. The van der Waals surface area contributed by atoms with Gasteiger partial charge in [0.2, 0.25) is 0 Å². The zero-order valence-corrected chi connectivity index (χ0v) is 20.3. The maximum Gasteiger partial charge on any atom is 0.191 e. The van der Waals surface area contributed by atoms with Crippen molar-refractivity contribution in [2.24, 2.45) is 4.99 Å². The van der Waals surface area contributed by atoms with E-state index < -0.39 is 0 Å². The lowest BCUT2D eigenvalue weighted by molar-refractivity contribution is 0.467. The number of halogens is 2. The topological polar surface area (TPSA) is 57.0 Å². The molecule has 4 rings (SSSR count). The van der Waals surface area contributed by atoms with Gasteiger partial charge in [-0.1, -0.05) is 12.1 Å². The van der Waals surface area contributed by atoms with E-state index in [4.69, 9.17) is 4.98 Å². The molecule has 1 fully saturated rings. The summed E-state index contributed by atoms with van der Waals surface area (Å²) in [5.41, 5.74) is 4.18. The van der Waals surface area contributed by atoms with Crippen molar-refractivity contribution in [2.75, 3.05) is 31.6 Å². The smallest absolute Gasteiger partial charge is 0.191 e. The minimum atomic E-state index is -0.192. The Morgan fingerprint density at radius 2 is 2.16 bits per heavy atom. The highest BCUT2D eigenvalue weighted by Gasteiger charge is 2.21. The second-order valence-corrected chi connectivity index (χ2v) is 7.81. The van der Waals surface area contributed by atoms with Crippen LogP contribution < -0.4 is 15.5 Å². The van der Waals surface area contributed by atoms with Crippen molar-refractivity contribution in [3.63, 3.8) is 0 Å². The van der Waals surface area contributed by atoms with Gasteiger partial charge in [0.15, 0.2) is 5.96 Å². The van der Waals surface area contributed by atoms with Gasteiger partial charge < -0.3 is 19.9 Å². The fourth-order valence-corrected chi connectivity index (χ4v) is 4.02. The lowest BCUT2D eigenvalue weighted by atomic mass is 10.0. The van der Waals surface area contributed by atoms with Crippen molar-refractivity contribution in [1.82, 2.24) is 20.0 Å². The first-order valence-electron chi connectivity index (χ1n) is 10.5. The van der Waals surface area contributed by atoms with Gasteiger partial charge in [-0.25, -0.2) is 9.37 Å². The zero-order chi connectivity index (χ0) is 20.9. The van der Waals surface area contributed by atoms with Crippen LogP contribution >= 0.6 is 24.0 Å². The molecular formula is C23H30FIN6. The molecule has 0 amide bonds. The fourth-order valence-electron chi connectivity index (χ4n) is 4.02. The van der Waals surface area contributed by atoms with E-state index in [-0.39, 0.29) is 35.8 Å². The lowest BCUT2D eigenvalue weighted by Gasteiger charge is -2.35. The molecule has 0 radical (unpaired) electrons. The standard InChI is InChI=1S/C23H29FN6.HI/c1-17-6-4-13-30-16-20(27-22(17)30)10-11-26-23(25-2)28-19-8-5-12-29(15-19)21-9-3-7-18(24)14-21;/h3-4,6-7,9,13-14,16,19H,5,8,10-12,15H2,1-2H3,(H2,25,26,28);1H. The maximum atomic E-state index is 13.6. The SMILES string of the molecule is CN=C(NCCc1cn2cccc(C)c2n1)NC1CCCN(c2cccc(F)c2)C1.I. The molecule has 8 heteroatoms. The molecule has 6 nitrogen and oxygen atoms in total. The molecule has 0 saturated carbocycles. The Morgan fingerprint density at radius 1 is 1.29 bits per heavy atom. The number of aliphatic imine (C=N–C) groups is 1. The molecule has 3 heterocycles. The number of anilines is 1. The summed E-state index contributed by atoms with van der Waals surface area (Å²) in [5.74, 6) is 0.600. The average molecular weight is 536 g/mol. The Bertz CT molecular complexity index is 1030. The van der Waals surface area contributed by atoms with Crippen LogP contribution in [-0.2, 0) is 6.42 Å². The van der Waals surface area contributed by atoms with Gasteiger partial charge in [-0.05, 0) is 49.6 Å². The van der Waals surface area contributed by atoms with Gasteiger partial charge in [0.05, 0.1) is 5.69 Å². The van der Waals surface area contributed by atoms with Crippen LogP contribution in [0.4, 0.5) is 10.1 Å². The number of aromatic nitrogens is 2. The van der Waals surface area contributed by atoms with Gasteiger partial charge in [-0.2, -0.15) is 0 Å². The molecule has 1 aliphatic heterocycles. The number of piperidine rings is 1. The van der Waals surface area contributed by atoms with Crippen molar-refractivity contribution in [3.05, 3.63) is 65.9 Å². The maximum absolute atomic E-state index is 13.6. The number of rotatable bonds is 5. The second-order valence-electron chi connectivity index (χ2n) is 7.81. The predicted molar refractivity (Wildman–Crippen MR) is 135 cm³/mol. The quantitative estimate of drug-likeness (QED) is 0.296. The van der Waals surface area contributed by atoms with Gasteiger partial charge in [0.25, 0.3) is 0 Å².